The molecule has 0 heterocycles. The molecule has 39 heavy (non-hydrogen) atoms. The number of benzene rings is 1. The van der Waals surface area contributed by atoms with Crippen molar-refractivity contribution in [1.29, 1.82) is 0 Å². The van der Waals surface area contributed by atoms with E-state index in [4.69, 9.17) is 0 Å². The molecular weight excluding hydrogens is 486 g/mol. The van der Waals surface area contributed by atoms with Gasteiger partial charge in [-0.25, -0.2) is 0 Å². The summed E-state index contributed by atoms with van der Waals surface area (Å²) in [5.41, 5.74) is 1.67. The molecular formula is C33H51N3O3. The summed E-state index contributed by atoms with van der Waals surface area (Å²) >= 11 is 0. The maximum absolute atomic E-state index is 13.3. The van der Waals surface area contributed by atoms with Crippen molar-refractivity contribution in [1.82, 2.24) is 5.32 Å². The number of hydrogen-bond acceptors (Lipinski definition) is 3. The van der Waals surface area contributed by atoms with Gasteiger partial charge >= 0.3 is 0 Å². The van der Waals surface area contributed by atoms with Crippen molar-refractivity contribution in [2.45, 2.75) is 123 Å². The molecule has 0 atom stereocenters. The average Bonchev–Trinajstić information content (AvgIpc) is 2.97. The van der Waals surface area contributed by atoms with E-state index in [-0.39, 0.29) is 35.6 Å². The lowest BCUT2D eigenvalue weighted by molar-refractivity contribution is -0.121. The molecule has 1 aromatic rings. The Labute approximate surface area is 235 Å². The van der Waals surface area contributed by atoms with Crippen molar-refractivity contribution in [3.63, 3.8) is 0 Å². The molecule has 4 rings (SSSR count). The van der Waals surface area contributed by atoms with Crippen molar-refractivity contribution >= 4 is 29.1 Å². The maximum Gasteiger partial charge on any atom is 0.251 e. The number of anilines is 2. The number of hydrogen-bond donors (Lipinski definition) is 3. The molecule has 6 nitrogen and oxygen atoms in total. The summed E-state index contributed by atoms with van der Waals surface area (Å²) < 4.78 is 0. The molecule has 1 aromatic carbocycles. The molecule has 0 radical (unpaired) electrons. The van der Waals surface area contributed by atoms with Crippen LogP contribution in [0.3, 0.4) is 0 Å². The zero-order valence-electron chi connectivity index (χ0n) is 24.5. The highest BCUT2D eigenvalue weighted by atomic mass is 16.2. The van der Waals surface area contributed by atoms with E-state index >= 15 is 0 Å². The van der Waals surface area contributed by atoms with E-state index in [0.717, 1.165) is 94.8 Å². The van der Waals surface area contributed by atoms with Crippen molar-refractivity contribution in [3.8, 4) is 0 Å². The summed E-state index contributed by atoms with van der Waals surface area (Å²) in [6.45, 7) is 6.69. The van der Waals surface area contributed by atoms with E-state index in [9.17, 15) is 14.4 Å². The van der Waals surface area contributed by atoms with Gasteiger partial charge in [-0.1, -0.05) is 40.0 Å². The lowest BCUT2D eigenvalue weighted by Crippen LogP contribution is -2.37. The van der Waals surface area contributed by atoms with Crippen LogP contribution >= 0.6 is 0 Å². The number of amides is 3. The van der Waals surface area contributed by atoms with Crippen LogP contribution in [0.15, 0.2) is 18.2 Å². The van der Waals surface area contributed by atoms with Crippen LogP contribution in [0.2, 0.25) is 0 Å². The van der Waals surface area contributed by atoms with E-state index < -0.39 is 0 Å². The van der Waals surface area contributed by atoms with Gasteiger partial charge in [0.1, 0.15) is 0 Å². The number of nitrogens with one attached hydrogen (secondary N) is 3. The molecule has 3 aliphatic rings. The highest BCUT2D eigenvalue weighted by Crippen LogP contribution is 2.33. The van der Waals surface area contributed by atoms with Gasteiger partial charge in [-0.15, -0.1) is 0 Å². The highest BCUT2D eigenvalue weighted by molar-refractivity contribution is 6.01. The minimum absolute atomic E-state index is 0.00539. The van der Waals surface area contributed by atoms with E-state index in [1.54, 1.807) is 12.1 Å². The zero-order chi connectivity index (χ0) is 27.8. The van der Waals surface area contributed by atoms with Gasteiger partial charge in [-0.2, -0.15) is 0 Å². The molecule has 0 spiro atoms. The smallest absolute Gasteiger partial charge is 0.251 e. The normalized spacial score (nSPS) is 29.3. The molecule has 0 aliphatic heterocycles. The Morgan fingerprint density at radius 1 is 0.590 bits per heavy atom. The monoisotopic (exact) mass is 537 g/mol. The van der Waals surface area contributed by atoms with E-state index in [2.05, 4.69) is 36.7 Å². The van der Waals surface area contributed by atoms with Crippen LogP contribution in [0.25, 0.3) is 0 Å². The van der Waals surface area contributed by atoms with Crippen LogP contribution in [0.1, 0.15) is 127 Å². The lowest BCUT2D eigenvalue weighted by atomic mass is 9.80. The van der Waals surface area contributed by atoms with E-state index in [1.807, 2.05) is 6.07 Å². The molecule has 3 aliphatic carbocycles. The molecule has 0 aromatic heterocycles. The highest BCUT2D eigenvalue weighted by Gasteiger charge is 2.28. The van der Waals surface area contributed by atoms with Crippen molar-refractivity contribution in [2.75, 3.05) is 10.6 Å². The lowest BCUT2D eigenvalue weighted by Gasteiger charge is -2.29. The zero-order valence-corrected chi connectivity index (χ0v) is 24.5. The summed E-state index contributed by atoms with van der Waals surface area (Å²) in [6, 6.07) is 5.53. The molecule has 3 N–H and O–H groups in total. The Morgan fingerprint density at radius 2 is 0.974 bits per heavy atom. The number of carbonyl (C=O) groups is 3. The number of carbonyl (C=O) groups excluding carboxylic acids is 3. The Bertz CT molecular complexity index is 912. The van der Waals surface area contributed by atoms with Crippen LogP contribution in [-0.2, 0) is 9.59 Å². The Kier molecular flexibility index (Phi) is 10.9. The van der Waals surface area contributed by atoms with Crippen LogP contribution in [0.5, 0.6) is 0 Å². The molecule has 3 fully saturated rings. The number of rotatable bonds is 9. The van der Waals surface area contributed by atoms with E-state index in [1.165, 1.54) is 19.3 Å². The second-order valence-corrected chi connectivity index (χ2v) is 12.6. The van der Waals surface area contributed by atoms with Crippen LogP contribution < -0.4 is 16.0 Å². The van der Waals surface area contributed by atoms with Crippen LogP contribution in [-0.4, -0.2) is 23.8 Å². The molecule has 0 unspecified atom stereocenters. The van der Waals surface area contributed by atoms with Gasteiger partial charge in [0.15, 0.2) is 0 Å². The minimum Gasteiger partial charge on any atom is -0.349 e. The third kappa shape index (κ3) is 8.31. The Hall–Kier alpha value is -2.37. The summed E-state index contributed by atoms with van der Waals surface area (Å²) in [4.78, 5) is 39.7. The topological polar surface area (TPSA) is 87.3 Å². The predicted molar refractivity (Wildman–Crippen MR) is 159 cm³/mol. The van der Waals surface area contributed by atoms with Crippen LogP contribution in [0.4, 0.5) is 11.4 Å². The first-order valence-corrected chi connectivity index (χ1v) is 16.0. The van der Waals surface area contributed by atoms with Crippen molar-refractivity contribution < 1.29 is 14.4 Å². The first kappa shape index (κ1) is 29.6. The second-order valence-electron chi connectivity index (χ2n) is 12.6. The standard InChI is InChI=1S/C33H51N3O3/c1-4-22-7-13-25(14-8-22)31(37)35-29-19-27(33(39)34-28-17-11-24(6-3)12-18-28)20-30(21-29)36-32(38)26-15-9-23(5-2)10-16-26/h19-26,28H,4-18H2,1-3H3,(H,34,39)(H,35,37)(H,36,38). The summed E-state index contributed by atoms with van der Waals surface area (Å²) in [5.74, 6) is 2.14. The van der Waals surface area contributed by atoms with Crippen molar-refractivity contribution in [2.24, 2.45) is 29.6 Å². The third-order valence-corrected chi connectivity index (χ3v) is 10.1. The molecule has 3 saturated carbocycles. The van der Waals surface area contributed by atoms with Gasteiger partial charge in [-0.3, -0.25) is 14.4 Å². The molecule has 216 valence electrons. The molecule has 3 amide bonds. The van der Waals surface area contributed by atoms with Gasteiger partial charge in [0.2, 0.25) is 11.8 Å². The maximum atomic E-state index is 13.3. The quantitative estimate of drug-likeness (QED) is 0.302. The Balaban J connectivity index is 1.45. The summed E-state index contributed by atoms with van der Waals surface area (Å²) in [5, 5.41) is 9.41. The SMILES string of the molecule is CCC1CCC(NC(=O)c2cc(NC(=O)C3CCC(CC)CC3)cc(NC(=O)C3CCC(CC)CC3)c2)CC1. The van der Waals surface area contributed by atoms with Gasteiger partial charge in [0.25, 0.3) is 5.91 Å². The summed E-state index contributed by atoms with van der Waals surface area (Å²) in [6.07, 6.45) is 15.9. The van der Waals surface area contributed by atoms with Crippen molar-refractivity contribution in [3.05, 3.63) is 23.8 Å². The first-order valence-electron chi connectivity index (χ1n) is 16.0. The Morgan fingerprint density at radius 3 is 1.36 bits per heavy atom. The first-order chi connectivity index (χ1) is 18.9. The fraction of sp³-hybridized carbons (Fsp3) is 0.727. The van der Waals surface area contributed by atoms with Gasteiger partial charge < -0.3 is 16.0 Å². The fourth-order valence-corrected chi connectivity index (χ4v) is 7.04. The summed E-state index contributed by atoms with van der Waals surface area (Å²) in [7, 11) is 0. The van der Waals surface area contributed by atoms with E-state index in [0.29, 0.717) is 16.9 Å². The molecule has 0 saturated heterocycles. The van der Waals surface area contributed by atoms with Gasteiger partial charge in [0.05, 0.1) is 0 Å². The third-order valence-electron chi connectivity index (χ3n) is 10.1. The largest absolute Gasteiger partial charge is 0.349 e. The predicted octanol–water partition coefficient (Wildman–Crippen LogP) is 7.70. The fourth-order valence-electron chi connectivity index (χ4n) is 7.04. The average molecular weight is 538 g/mol. The van der Waals surface area contributed by atoms with Gasteiger partial charge in [0, 0.05) is 34.8 Å². The van der Waals surface area contributed by atoms with Crippen LogP contribution in [0, 0.1) is 29.6 Å². The van der Waals surface area contributed by atoms with Gasteiger partial charge in [-0.05, 0) is 113 Å². The molecule has 0 bridgehead atoms. The minimum atomic E-state index is -0.131. The molecule has 6 heteroatoms. The second kappa shape index (κ2) is 14.3.